The first-order valence-electron chi connectivity index (χ1n) is 10.6. The van der Waals surface area contributed by atoms with Crippen LogP contribution in [0.1, 0.15) is 15.9 Å². The van der Waals surface area contributed by atoms with Gasteiger partial charge in [0.25, 0.3) is 5.91 Å². The Morgan fingerprint density at radius 3 is 2.36 bits per heavy atom. The normalized spacial score (nSPS) is 11.3. The van der Waals surface area contributed by atoms with E-state index >= 15 is 0 Å². The molecule has 0 atom stereocenters. The third-order valence-electron chi connectivity index (χ3n) is 5.21. The Morgan fingerprint density at radius 2 is 1.64 bits per heavy atom. The Morgan fingerprint density at radius 1 is 0.939 bits per heavy atom. The molecule has 0 spiro atoms. The van der Waals surface area contributed by atoms with Crippen LogP contribution in [0.5, 0.6) is 11.5 Å². The zero-order chi connectivity index (χ0) is 23.0. The summed E-state index contributed by atoms with van der Waals surface area (Å²) in [5.74, 6) is 1.36. The average molecular weight is 443 g/mol. The van der Waals surface area contributed by atoms with Gasteiger partial charge in [0.2, 0.25) is 5.96 Å². The van der Waals surface area contributed by atoms with Gasteiger partial charge in [-0.1, -0.05) is 36.4 Å². The maximum atomic E-state index is 12.8. The third kappa shape index (κ3) is 5.51. The number of hydrogen-bond donors (Lipinski definition) is 3. The number of para-hydroxylation sites is 1. The molecule has 7 heteroatoms. The molecule has 0 radical (unpaired) electrons. The van der Waals surface area contributed by atoms with Crippen LogP contribution in [-0.2, 0) is 6.42 Å². The number of benzene rings is 3. The lowest BCUT2D eigenvalue weighted by Crippen LogP contribution is -2.36. The second kappa shape index (κ2) is 10.4. The molecule has 0 saturated heterocycles. The molecule has 3 aromatic carbocycles. The largest absolute Gasteiger partial charge is 0.497 e. The number of hydrogen-bond acceptors (Lipinski definition) is 4. The van der Waals surface area contributed by atoms with Gasteiger partial charge in [0, 0.05) is 53.1 Å². The second-order valence-electron chi connectivity index (χ2n) is 7.39. The van der Waals surface area contributed by atoms with Crippen molar-refractivity contribution in [2.45, 2.75) is 6.42 Å². The molecule has 1 amide bonds. The minimum atomic E-state index is -0.246. The predicted octanol–water partition coefficient (Wildman–Crippen LogP) is 4.63. The van der Waals surface area contributed by atoms with Gasteiger partial charge < -0.3 is 19.8 Å². The molecule has 33 heavy (non-hydrogen) atoms. The number of rotatable bonds is 7. The Kier molecular flexibility index (Phi) is 6.90. The summed E-state index contributed by atoms with van der Waals surface area (Å²) >= 11 is 0. The van der Waals surface area contributed by atoms with Crippen molar-refractivity contribution in [3.8, 4) is 11.5 Å². The van der Waals surface area contributed by atoms with Crippen LogP contribution < -0.4 is 20.1 Å². The van der Waals surface area contributed by atoms with Crippen LogP contribution in [0.25, 0.3) is 10.9 Å². The molecule has 0 fully saturated rings. The zero-order valence-electron chi connectivity index (χ0n) is 18.6. The highest BCUT2D eigenvalue weighted by atomic mass is 16.5. The smallest absolute Gasteiger partial charge is 0.257 e. The SMILES string of the molecule is COc1cc(NC(=NCCc2c[nH]c3ccccc23)NC(=O)c2ccccc2)cc(OC)c1. The number of amides is 1. The number of nitrogens with zero attached hydrogens (tertiary/aromatic N) is 1. The van der Waals surface area contributed by atoms with E-state index in [9.17, 15) is 4.79 Å². The molecule has 1 aromatic heterocycles. The number of carbonyl (C=O) groups excluding carboxylic acids is 1. The summed E-state index contributed by atoms with van der Waals surface area (Å²) < 4.78 is 10.7. The first-order valence-corrected chi connectivity index (χ1v) is 10.6. The number of nitrogens with one attached hydrogen (secondary N) is 3. The summed E-state index contributed by atoms with van der Waals surface area (Å²) in [6.45, 7) is 0.486. The van der Waals surface area contributed by atoms with Gasteiger partial charge in [-0.05, 0) is 30.2 Å². The number of methoxy groups -OCH3 is 2. The molecule has 4 rings (SSSR count). The van der Waals surface area contributed by atoms with E-state index in [0.717, 1.165) is 11.9 Å². The fraction of sp³-hybridized carbons (Fsp3) is 0.154. The Hall–Kier alpha value is -4.26. The fourth-order valence-corrected chi connectivity index (χ4v) is 3.52. The van der Waals surface area contributed by atoms with Gasteiger partial charge in [-0.3, -0.25) is 15.1 Å². The number of aliphatic imine (C=N–C) groups is 1. The van der Waals surface area contributed by atoms with E-state index in [4.69, 9.17) is 9.47 Å². The molecule has 7 nitrogen and oxygen atoms in total. The first kappa shape index (κ1) is 22.0. The Bertz CT molecular complexity index is 1240. The molecule has 3 N–H and O–H groups in total. The summed E-state index contributed by atoms with van der Waals surface area (Å²) in [6, 6.07) is 22.6. The summed E-state index contributed by atoms with van der Waals surface area (Å²) in [5, 5.41) is 7.26. The van der Waals surface area contributed by atoms with Crippen LogP contribution in [0.2, 0.25) is 0 Å². The van der Waals surface area contributed by atoms with Crippen molar-refractivity contribution in [2.24, 2.45) is 4.99 Å². The standard InChI is InChI=1S/C26H26N4O3/c1-32-21-14-20(15-22(16-21)33-2)29-26(30-25(31)18-8-4-3-5-9-18)27-13-12-19-17-28-24-11-7-6-10-23(19)24/h3-11,14-17,28H,12-13H2,1-2H3,(H2,27,29,30,31). The van der Waals surface area contributed by atoms with Crippen molar-refractivity contribution in [1.82, 2.24) is 10.3 Å². The van der Waals surface area contributed by atoms with E-state index in [1.54, 1.807) is 32.4 Å². The number of H-pyrrole nitrogens is 1. The number of carbonyl (C=O) groups is 1. The second-order valence-corrected chi connectivity index (χ2v) is 7.39. The summed E-state index contributed by atoms with van der Waals surface area (Å²) in [7, 11) is 3.18. The lowest BCUT2D eigenvalue weighted by atomic mass is 10.1. The topological polar surface area (TPSA) is 87.7 Å². The van der Waals surface area contributed by atoms with Crippen LogP contribution in [0, 0.1) is 0 Å². The highest BCUT2D eigenvalue weighted by Crippen LogP contribution is 2.25. The number of ether oxygens (including phenoxy) is 2. The average Bonchev–Trinajstić information content (AvgIpc) is 3.27. The van der Waals surface area contributed by atoms with E-state index in [0.29, 0.717) is 35.3 Å². The fourth-order valence-electron chi connectivity index (χ4n) is 3.52. The molecular weight excluding hydrogens is 416 g/mol. The molecule has 0 aliphatic heterocycles. The van der Waals surface area contributed by atoms with Crippen LogP contribution >= 0.6 is 0 Å². The molecule has 168 valence electrons. The quantitative estimate of drug-likeness (QED) is 0.288. The molecule has 1 heterocycles. The van der Waals surface area contributed by atoms with Gasteiger partial charge in [0.05, 0.1) is 14.2 Å². The van der Waals surface area contributed by atoms with Crippen molar-refractivity contribution in [3.05, 3.63) is 90.1 Å². The molecule has 0 bridgehead atoms. The van der Waals surface area contributed by atoms with E-state index in [1.807, 2.05) is 54.7 Å². The molecule has 0 aliphatic carbocycles. The predicted molar refractivity (Wildman–Crippen MR) is 131 cm³/mol. The number of anilines is 1. The van der Waals surface area contributed by atoms with E-state index in [1.165, 1.54) is 10.9 Å². The van der Waals surface area contributed by atoms with E-state index < -0.39 is 0 Å². The molecule has 0 aliphatic rings. The minimum Gasteiger partial charge on any atom is -0.497 e. The van der Waals surface area contributed by atoms with Crippen LogP contribution in [0.3, 0.4) is 0 Å². The summed E-state index contributed by atoms with van der Waals surface area (Å²) in [5.41, 5.74) is 3.50. The van der Waals surface area contributed by atoms with Gasteiger partial charge in [-0.2, -0.15) is 0 Å². The van der Waals surface area contributed by atoms with Crippen molar-refractivity contribution in [1.29, 1.82) is 0 Å². The van der Waals surface area contributed by atoms with Gasteiger partial charge in [-0.25, -0.2) is 0 Å². The monoisotopic (exact) mass is 442 g/mol. The maximum Gasteiger partial charge on any atom is 0.257 e. The lowest BCUT2D eigenvalue weighted by molar-refractivity contribution is 0.0977. The number of aromatic nitrogens is 1. The third-order valence-corrected chi connectivity index (χ3v) is 5.21. The number of aromatic amines is 1. The van der Waals surface area contributed by atoms with Gasteiger partial charge in [-0.15, -0.1) is 0 Å². The van der Waals surface area contributed by atoms with Crippen molar-refractivity contribution < 1.29 is 14.3 Å². The van der Waals surface area contributed by atoms with Crippen LogP contribution in [0.15, 0.2) is 84.0 Å². The molecular formula is C26H26N4O3. The van der Waals surface area contributed by atoms with Crippen molar-refractivity contribution in [3.63, 3.8) is 0 Å². The number of fused-ring (bicyclic) bond motifs is 1. The van der Waals surface area contributed by atoms with Gasteiger partial charge in [0.1, 0.15) is 11.5 Å². The molecule has 0 saturated carbocycles. The van der Waals surface area contributed by atoms with Crippen LogP contribution in [-0.4, -0.2) is 37.6 Å². The van der Waals surface area contributed by atoms with E-state index in [2.05, 4.69) is 26.7 Å². The first-order chi connectivity index (χ1) is 16.2. The van der Waals surface area contributed by atoms with Crippen molar-refractivity contribution >= 4 is 28.5 Å². The minimum absolute atomic E-state index is 0.246. The van der Waals surface area contributed by atoms with Gasteiger partial charge in [0.15, 0.2) is 0 Å². The zero-order valence-corrected chi connectivity index (χ0v) is 18.6. The van der Waals surface area contributed by atoms with Gasteiger partial charge >= 0.3 is 0 Å². The van der Waals surface area contributed by atoms with Crippen molar-refractivity contribution in [2.75, 3.05) is 26.1 Å². The highest BCUT2D eigenvalue weighted by Gasteiger charge is 2.11. The maximum absolute atomic E-state index is 12.8. The lowest BCUT2D eigenvalue weighted by Gasteiger charge is -2.14. The van der Waals surface area contributed by atoms with E-state index in [-0.39, 0.29) is 5.91 Å². The molecule has 0 unspecified atom stereocenters. The number of guanidine groups is 1. The summed E-state index contributed by atoms with van der Waals surface area (Å²) in [4.78, 5) is 20.7. The Labute approximate surface area is 192 Å². The highest BCUT2D eigenvalue weighted by molar-refractivity contribution is 6.10. The summed E-state index contributed by atoms with van der Waals surface area (Å²) in [6.07, 6.45) is 2.72. The van der Waals surface area contributed by atoms with Crippen LogP contribution in [0.4, 0.5) is 5.69 Å². The Balaban J connectivity index is 1.55. The molecule has 4 aromatic rings.